The zero-order valence-electron chi connectivity index (χ0n) is 8.86. The number of aryl methyl sites for hydroxylation is 1. The summed E-state index contributed by atoms with van der Waals surface area (Å²) >= 11 is 0. The summed E-state index contributed by atoms with van der Waals surface area (Å²) in [6.07, 6.45) is 0.818. The monoisotopic (exact) mass is 204 g/mol. The number of carbonyl (C=O) groups excluding carboxylic acids is 1. The molecule has 3 nitrogen and oxygen atoms in total. The third-order valence-electron chi connectivity index (χ3n) is 3.01. The molecule has 1 aliphatic heterocycles. The van der Waals surface area contributed by atoms with E-state index in [4.69, 9.17) is 5.73 Å². The fourth-order valence-corrected chi connectivity index (χ4v) is 2.01. The topological polar surface area (TPSA) is 55.1 Å². The van der Waals surface area contributed by atoms with Crippen LogP contribution in [0.25, 0.3) is 0 Å². The van der Waals surface area contributed by atoms with Crippen LogP contribution < -0.4 is 11.1 Å². The van der Waals surface area contributed by atoms with Gasteiger partial charge >= 0.3 is 0 Å². The maximum Gasteiger partial charge on any atom is 0.221 e. The van der Waals surface area contributed by atoms with Crippen molar-refractivity contribution in [1.82, 2.24) is 5.32 Å². The quantitative estimate of drug-likeness (QED) is 0.758. The minimum atomic E-state index is -0.197. The van der Waals surface area contributed by atoms with Gasteiger partial charge in [0.15, 0.2) is 0 Å². The lowest BCUT2D eigenvalue weighted by molar-refractivity contribution is -0.121. The third-order valence-corrected chi connectivity index (χ3v) is 3.01. The Morgan fingerprint density at radius 2 is 2.07 bits per heavy atom. The first-order valence-corrected chi connectivity index (χ1v) is 5.26. The number of nitrogens with one attached hydrogen (secondary N) is 1. The van der Waals surface area contributed by atoms with E-state index in [1.807, 2.05) is 0 Å². The van der Waals surface area contributed by atoms with Gasteiger partial charge in [0.1, 0.15) is 0 Å². The highest BCUT2D eigenvalue weighted by atomic mass is 16.1. The Morgan fingerprint density at radius 3 is 2.60 bits per heavy atom. The Kier molecular flexibility index (Phi) is 2.73. The summed E-state index contributed by atoms with van der Waals surface area (Å²) in [5.74, 6) is -0.214. The molecule has 1 heterocycles. The largest absolute Gasteiger partial charge is 0.369 e. The molecule has 3 N–H and O–H groups in total. The molecule has 0 aliphatic carbocycles. The smallest absolute Gasteiger partial charge is 0.221 e. The average molecular weight is 204 g/mol. The molecule has 0 aromatic heterocycles. The van der Waals surface area contributed by atoms with Crippen LogP contribution in [0.3, 0.4) is 0 Å². The minimum absolute atomic E-state index is 0.0173. The number of rotatable bonds is 2. The molecular formula is C12H16N2O. The summed E-state index contributed by atoms with van der Waals surface area (Å²) in [5.41, 5.74) is 7.78. The summed E-state index contributed by atoms with van der Waals surface area (Å²) in [6.45, 7) is 2.77. The van der Waals surface area contributed by atoms with Crippen molar-refractivity contribution in [1.29, 1.82) is 0 Å². The SMILES string of the molecule is Cc1ccc(C2CC(C(N)=O)CN2)cc1. The van der Waals surface area contributed by atoms with E-state index in [9.17, 15) is 4.79 Å². The van der Waals surface area contributed by atoms with E-state index < -0.39 is 0 Å². The standard InChI is InChI=1S/C12H16N2O/c1-8-2-4-9(5-3-8)11-6-10(7-14-11)12(13)15/h2-5,10-11,14H,6-7H2,1H3,(H2,13,15). The lowest BCUT2D eigenvalue weighted by Gasteiger charge is -2.10. The fourth-order valence-electron chi connectivity index (χ4n) is 2.01. The van der Waals surface area contributed by atoms with E-state index in [0.717, 1.165) is 6.42 Å². The van der Waals surface area contributed by atoms with Crippen molar-refractivity contribution in [3.63, 3.8) is 0 Å². The summed E-state index contributed by atoms with van der Waals surface area (Å²) in [6, 6.07) is 8.68. The lowest BCUT2D eigenvalue weighted by atomic mass is 9.99. The number of benzene rings is 1. The first kappa shape index (κ1) is 10.2. The predicted molar refractivity (Wildman–Crippen MR) is 59.2 cm³/mol. The van der Waals surface area contributed by atoms with Crippen LogP contribution in [0, 0.1) is 12.8 Å². The highest BCUT2D eigenvalue weighted by Gasteiger charge is 2.28. The molecule has 0 radical (unpaired) electrons. The zero-order valence-corrected chi connectivity index (χ0v) is 8.86. The maximum atomic E-state index is 11.0. The van der Waals surface area contributed by atoms with E-state index in [1.165, 1.54) is 11.1 Å². The molecule has 15 heavy (non-hydrogen) atoms. The third kappa shape index (κ3) is 2.18. The normalized spacial score (nSPS) is 25.4. The van der Waals surface area contributed by atoms with Crippen molar-refractivity contribution < 1.29 is 4.79 Å². The molecular weight excluding hydrogens is 188 g/mol. The molecule has 0 bridgehead atoms. The lowest BCUT2D eigenvalue weighted by Crippen LogP contribution is -2.24. The van der Waals surface area contributed by atoms with Gasteiger partial charge < -0.3 is 11.1 Å². The fraction of sp³-hybridized carbons (Fsp3) is 0.417. The van der Waals surface area contributed by atoms with Crippen molar-refractivity contribution in [2.45, 2.75) is 19.4 Å². The Balaban J connectivity index is 2.07. The Hall–Kier alpha value is -1.35. The van der Waals surface area contributed by atoms with Gasteiger partial charge in [-0.05, 0) is 18.9 Å². The van der Waals surface area contributed by atoms with Gasteiger partial charge in [0, 0.05) is 12.6 Å². The van der Waals surface area contributed by atoms with Crippen LogP contribution in [0.5, 0.6) is 0 Å². The number of primary amides is 1. The summed E-state index contributed by atoms with van der Waals surface area (Å²) in [4.78, 5) is 11.0. The highest BCUT2D eigenvalue weighted by Crippen LogP contribution is 2.26. The predicted octanol–water partition coefficient (Wildman–Crippen LogP) is 1.13. The van der Waals surface area contributed by atoms with Crippen molar-refractivity contribution in [3.05, 3.63) is 35.4 Å². The minimum Gasteiger partial charge on any atom is -0.369 e. The van der Waals surface area contributed by atoms with Gasteiger partial charge in [0.2, 0.25) is 5.91 Å². The van der Waals surface area contributed by atoms with Gasteiger partial charge in [-0.2, -0.15) is 0 Å². The van der Waals surface area contributed by atoms with Gasteiger partial charge in [0.05, 0.1) is 5.92 Å². The summed E-state index contributed by atoms with van der Waals surface area (Å²) < 4.78 is 0. The molecule has 1 fully saturated rings. The Labute approximate surface area is 89.7 Å². The van der Waals surface area contributed by atoms with Crippen molar-refractivity contribution in [2.75, 3.05) is 6.54 Å². The van der Waals surface area contributed by atoms with Crippen LogP contribution in [0.4, 0.5) is 0 Å². The second kappa shape index (κ2) is 4.03. The number of carbonyl (C=O) groups is 1. The number of hydrogen-bond donors (Lipinski definition) is 2. The Morgan fingerprint density at radius 1 is 1.40 bits per heavy atom. The number of amides is 1. The van der Waals surface area contributed by atoms with Gasteiger partial charge in [0.25, 0.3) is 0 Å². The molecule has 3 heteroatoms. The molecule has 1 aromatic rings. The van der Waals surface area contributed by atoms with Crippen molar-refractivity contribution in [3.8, 4) is 0 Å². The van der Waals surface area contributed by atoms with Crippen LogP contribution in [0.1, 0.15) is 23.6 Å². The van der Waals surface area contributed by atoms with E-state index in [1.54, 1.807) is 0 Å². The molecule has 2 unspecified atom stereocenters. The molecule has 2 atom stereocenters. The van der Waals surface area contributed by atoms with Gasteiger partial charge in [-0.15, -0.1) is 0 Å². The van der Waals surface area contributed by atoms with Gasteiger partial charge in [-0.1, -0.05) is 29.8 Å². The van der Waals surface area contributed by atoms with E-state index >= 15 is 0 Å². The van der Waals surface area contributed by atoms with Crippen LogP contribution in [-0.2, 0) is 4.79 Å². The molecule has 2 rings (SSSR count). The highest BCUT2D eigenvalue weighted by molar-refractivity contribution is 5.77. The van der Waals surface area contributed by atoms with Crippen LogP contribution >= 0.6 is 0 Å². The average Bonchev–Trinajstić information content (AvgIpc) is 2.68. The molecule has 1 aliphatic rings. The molecule has 1 amide bonds. The first-order chi connectivity index (χ1) is 7.16. The molecule has 1 saturated heterocycles. The second-order valence-corrected chi connectivity index (χ2v) is 4.21. The van der Waals surface area contributed by atoms with Crippen LogP contribution in [0.2, 0.25) is 0 Å². The van der Waals surface area contributed by atoms with E-state index in [0.29, 0.717) is 6.54 Å². The van der Waals surface area contributed by atoms with Gasteiger partial charge in [-0.25, -0.2) is 0 Å². The molecule has 0 saturated carbocycles. The van der Waals surface area contributed by atoms with Gasteiger partial charge in [-0.3, -0.25) is 4.79 Å². The molecule has 80 valence electrons. The zero-order chi connectivity index (χ0) is 10.8. The maximum absolute atomic E-state index is 11.0. The van der Waals surface area contributed by atoms with E-state index in [2.05, 4.69) is 36.5 Å². The van der Waals surface area contributed by atoms with Crippen LogP contribution in [-0.4, -0.2) is 12.5 Å². The van der Waals surface area contributed by atoms with E-state index in [-0.39, 0.29) is 17.9 Å². The van der Waals surface area contributed by atoms with Crippen molar-refractivity contribution in [2.24, 2.45) is 11.7 Å². The summed E-state index contributed by atoms with van der Waals surface area (Å²) in [5, 5.41) is 3.32. The Bertz CT molecular complexity index is 358. The number of hydrogen-bond acceptors (Lipinski definition) is 2. The number of nitrogens with two attached hydrogens (primary N) is 1. The van der Waals surface area contributed by atoms with Crippen molar-refractivity contribution >= 4 is 5.91 Å². The summed E-state index contributed by atoms with van der Waals surface area (Å²) in [7, 11) is 0. The first-order valence-electron chi connectivity index (χ1n) is 5.26. The second-order valence-electron chi connectivity index (χ2n) is 4.21. The molecule has 1 aromatic carbocycles. The molecule has 0 spiro atoms. The van der Waals surface area contributed by atoms with Crippen LogP contribution in [0.15, 0.2) is 24.3 Å².